The molecule has 0 saturated carbocycles. The van der Waals surface area contributed by atoms with Crippen LogP contribution in [-0.4, -0.2) is 33.5 Å². The zero-order valence-corrected chi connectivity index (χ0v) is 12.9. The van der Waals surface area contributed by atoms with Crippen molar-refractivity contribution in [3.05, 3.63) is 18.6 Å². The summed E-state index contributed by atoms with van der Waals surface area (Å²) in [6, 6.07) is 0.453. The molecule has 2 heterocycles. The Labute approximate surface area is 121 Å². The molecule has 0 bridgehead atoms. The van der Waals surface area contributed by atoms with Crippen LogP contribution in [0.4, 0.5) is 11.6 Å². The van der Waals surface area contributed by atoms with Gasteiger partial charge in [0.15, 0.2) is 11.5 Å². The topological polar surface area (TPSA) is 45.5 Å². The molecule has 2 aromatic rings. The van der Waals surface area contributed by atoms with Crippen LogP contribution < -0.4 is 10.2 Å². The van der Waals surface area contributed by atoms with Crippen LogP contribution in [0.5, 0.6) is 0 Å². The van der Waals surface area contributed by atoms with Crippen LogP contribution in [-0.2, 0) is 0 Å². The van der Waals surface area contributed by atoms with Crippen molar-refractivity contribution in [1.82, 2.24) is 14.4 Å². The van der Waals surface area contributed by atoms with Crippen molar-refractivity contribution in [2.45, 2.75) is 46.6 Å². The van der Waals surface area contributed by atoms with Gasteiger partial charge in [0, 0.05) is 31.5 Å². The number of fused-ring (bicyclic) bond motifs is 1. The lowest BCUT2D eigenvalue weighted by Crippen LogP contribution is -2.33. The van der Waals surface area contributed by atoms with E-state index in [0.29, 0.717) is 6.04 Å². The van der Waals surface area contributed by atoms with E-state index in [0.717, 1.165) is 43.2 Å². The van der Waals surface area contributed by atoms with Gasteiger partial charge in [0.05, 0.1) is 6.20 Å². The first kappa shape index (κ1) is 14.6. The van der Waals surface area contributed by atoms with E-state index in [9.17, 15) is 0 Å². The summed E-state index contributed by atoms with van der Waals surface area (Å²) in [6.07, 6.45) is 7.99. The summed E-state index contributed by atoms with van der Waals surface area (Å²) in [5, 5.41) is 3.37. The third kappa shape index (κ3) is 2.86. The second-order valence-electron chi connectivity index (χ2n) is 5.08. The first-order valence-electron chi connectivity index (χ1n) is 7.55. The van der Waals surface area contributed by atoms with Crippen LogP contribution in [0.15, 0.2) is 18.6 Å². The number of imidazole rings is 1. The predicted octanol–water partition coefficient (Wildman–Crippen LogP) is 3.18. The number of aromatic nitrogens is 3. The third-order valence-electron chi connectivity index (χ3n) is 3.65. The highest BCUT2D eigenvalue weighted by molar-refractivity contribution is 5.67. The predicted molar refractivity (Wildman–Crippen MR) is 84.5 cm³/mol. The van der Waals surface area contributed by atoms with E-state index in [4.69, 9.17) is 4.98 Å². The Balaban J connectivity index is 2.45. The summed E-state index contributed by atoms with van der Waals surface area (Å²) in [7, 11) is 0. The van der Waals surface area contributed by atoms with Gasteiger partial charge in [-0.15, -0.1) is 0 Å². The molecule has 0 fully saturated rings. The molecule has 0 aliphatic carbocycles. The van der Waals surface area contributed by atoms with Gasteiger partial charge in [-0.2, -0.15) is 0 Å². The van der Waals surface area contributed by atoms with Crippen LogP contribution >= 0.6 is 0 Å². The summed E-state index contributed by atoms with van der Waals surface area (Å²) in [6.45, 7) is 10.6. The molecule has 0 saturated heterocycles. The maximum Gasteiger partial charge on any atom is 0.180 e. The van der Waals surface area contributed by atoms with Gasteiger partial charge >= 0.3 is 0 Å². The molecular formula is C15H25N5. The van der Waals surface area contributed by atoms with Gasteiger partial charge in [-0.3, -0.25) is 0 Å². The van der Waals surface area contributed by atoms with E-state index < -0.39 is 0 Å². The molecule has 5 heteroatoms. The molecule has 1 atom stereocenters. The fourth-order valence-corrected chi connectivity index (χ4v) is 2.34. The normalized spacial score (nSPS) is 12.6. The Morgan fingerprint density at radius 3 is 2.80 bits per heavy atom. The van der Waals surface area contributed by atoms with E-state index in [2.05, 4.69) is 42.9 Å². The zero-order chi connectivity index (χ0) is 14.5. The van der Waals surface area contributed by atoms with Crippen molar-refractivity contribution < 1.29 is 0 Å². The first-order chi connectivity index (χ1) is 9.71. The van der Waals surface area contributed by atoms with E-state index >= 15 is 0 Å². The molecule has 5 nitrogen and oxygen atoms in total. The van der Waals surface area contributed by atoms with Gasteiger partial charge in [0.1, 0.15) is 5.82 Å². The minimum Gasteiger partial charge on any atom is -0.369 e. The number of hydrogen-bond acceptors (Lipinski definition) is 4. The van der Waals surface area contributed by atoms with Crippen LogP contribution in [0.25, 0.3) is 5.65 Å². The molecule has 1 unspecified atom stereocenters. The van der Waals surface area contributed by atoms with Crippen LogP contribution in [0.3, 0.4) is 0 Å². The Bertz CT molecular complexity index is 548. The van der Waals surface area contributed by atoms with Crippen molar-refractivity contribution in [2.24, 2.45) is 0 Å². The third-order valence-corrected chi connectivity index (χ3v) is 3.65. The summed E-state index contributed by atoms with van der Waals surface area (Å²) >= 11 is 0. The number of anilines is 2. The van der Waals surface area contributed by atoms with Crippen LogP contribution in [0.1, 0.15) is 40.5 Å². The van der Waals surface area contributed by atoms with Crippen molar-refractivity contribution in [1.29, 1.82) is 0 Å². The highest BCUT2D eigenvalue weighted by atomic mass is 15.3. The molecule has 0 aromatic carbocycles. The number of nitrogens with zero attached hydrogens (tertiary/aromatic N) is 4. The summed E-state index contributed by atoms with van der Waals surface area (Å²) < 4.78 is 2.05. The van der Waals surface area contributed by atoms with E-state index in [1.807, 2.05) is 23.0 Å². The highest BCUT2D eigenvalue weighted by Crippen LogP contribution is 2.23. The summed E-state index contributed by atoms with van der Waals surface area (Å²) in [5.41, 5.74) is 0.925. The average Bonchev–Trinajstić information content (AvgIpc) is 2.93. The molecule has 2 aromatic heterocycles. The number of rotatable bonds is 7. The molecule has 110 valence electrons. The highest BCUT2D eigenvalue weighted by Gasteiger charge is 2.17. The van der Waals surface area contributed by atoms with Crippen molar-refractivity contribution in [2.75, 3.05) is 23.3 Å². The summed E-state index contributed by atoms with van der Waals surface area (Å²) in [4.78, 5) is 11.6. The SMILES string of the molecule is CCCNc1cn2ccnc2c(N(CC)C(C)CC)n1. The zero-order valence-electron chi connectivity index (χ0n) is 12.9. The minimum absolute atomic E-state index is 0.453. The lowest BCUT2D eigenvalue weighted by atomic mass is 10.2. The molecule has 0 spiro atoms. The quantitative estimate of drug-likeness (QED) is 0.843. The lowest BCUT2D eigenvalue weighted by molar-refractivity contribution is 0.623. The Hall–Kier alpha value is -1.78. The number of nitrogens with one attached hydrogen (secondary N) is 1. The van der Waals surface area contributed by atoms with Gasteiger partial charge in [-0.05, 0) is 26.7 Å². The van der Waals surface area contributed by atoms with E-state index in [-0.39, 0.29) is 0 Å². The van der Waals surface area contributed by atoms with Gasteiger partial charge in [0.2, 0.25) is 0 Å². The average molecular weight is 275 g/mol. The molecule has 0 aliphatic heterocycles. The summed E-state index contributed by atoms with van der Waals surface area (Å²) in [5.74, 6) is 1.88. The van der Waals surface area contributed by atoms with Gasteiger partial charge in [-0.25, -0.2) is 9.97 Å². The maximum atomic E-state index is 4.78. The molecule has 0 aliphatic rings. The van der Waals surface area contributed by atoms with Gasteiger partial charge in [0.25, 0.3) is 0 Å². The largest absolute Gasteiger partial charge is 0.369 e. The second-order valence-corrected chi connectivity index (χ2v) is 5.08. The Morgan fingerprint density at radius 2 is 2.15 bits per heavy atom. The lowest BCUT2D eigenvalue weighted by Gasteiger charge is -2.28. The van der Waals surface area contributed by atoms with Gasteiger partial charge in [-0.1, -0.05) is 13.8 Å². The molecule has 0 amide bonds. The Morgan fingerprint density at radius 1 is 1.35 bits per heavy atom. The number of hydrogen-bond donors (Lipinski definition) is 1. The fourth-order valence-electron chi connectivity index (χ4n) is 2.34. The molecule has 20 heavy (non-hydrogen) atoms. The fraction of sp³-hybridized carbons (Fsp3) is 0.600. The van der Waals surface area contributed by atoms with Crippen molar-refractivity contribution in [3.8, 4) is 0 Å². The smallest absolute Gasteiger partial charge is 0.180 e. The molecule has 1 N–H and O–H groups in total. The minimum atomic E-state index is 0.453. The van der Waals surface area contributed by atoms with Crippen LogP contribution in [0, 0.1) is 0 Å². The monoisotopic (exact) mass is 275 g/mol. The molecular weight excluding hydrogens is 250 g/mol. The molecule has 0 radical (unpaired) electrons. The van der Waals surface area contributed by atoms with Crippen molar-refractivity contribution in [3.63, 3.8) is 0 Å². The second kappa shape index (κ2) is 6.59. The van der Waals surface area contributed by atoms with E-state index in [1.165, 1.54) is 0 Å². The van der Waals surface area contributed by atoms with Gasteiger partial charge < -0.3 is 14.6 Å². The van der Waals surface area contributed by atoms with Crippen LogP contribution in [0.2, 0.25) is 0 Å². The van der Waals surface area contributed by atoms with E-state index in [1.54, 1.807) is 0 Å². The first-order valence-corrected chi connectivity index (χ1v) is 7.55. The maximum absolute atomic E-state index is 4.78. The standard InChI is InChI=1S/C15H25N5/c1-5-8-16-13-11-19-10-9-17-14(19)15(18-13)20(7-3)12(4)6-2/h9-12,16H,5-8H2,1-4H3. The Kier molecular flexibility index (Phi) is 4.82. The molecule has 2 rings (SSSR count). The van der Waals surface area contributed by atoms with Crippen molar-refractivity contribution >= 4 is 17.3 Å².